The molecule has 122 valence electrons. The van der Waals surface area contributed by atoms with Crippen molar-refractivity contribution in [2.45, 2.75) is 0 Å². The molecule has 0 aliphatic carbocycles. The first-order valence-electron chi connectivity index (χ1n) is 6.62. The Morgan fingerprint density at radius 1 is 1.04 bits per heavy atom. The second-order valence-corrected chi connectivity index (χ2v) is 7.38. The average Bonchev–Trinajstić information content (AvgIpc) is 2.86. The molecule has 1 amide bonds. The number of carbonyl (C=O) groups excluding carboxylic acids is 1. The fourth-order valence-electron chi connectivity index (χ4n) is 1.93. The average molecular weight is 418 g/mol. The SMILES string of the molecule is O=C1NC(=Nc2cccc(Cl)c2Cl)S/C1=C\c1ccc(Cl)cc1Cl. The number of nitrogens with zero attached hydrogens (tertiary/aromatic N) is 1. The molecule has 1 aliphatic rings. The Bertz CT molecular complexity index is 896. The van der Waals surface area contributed by atoms with Crippen LogP contribution in [0.15, 0.2) is 46.3 Å². The number of benzene rings is 2. The van der Waals surface area contributed by atoms with E-state index >= 15 is 0 Å². The van der Waals surface area contributed by atoms with Crippen LogP contribution in [0.3, 0.4) is 0 Å². The Balaban J connectivity index is 1.89. The standard InChI is InChI=1S/C16H8Cl4N2OS/c17-9-5-4-8(11(19)7-9)6-13-15(23)22-16(24-13)21-12-3-1-2-10(18)14(12)20/h1-7H,(H,21,22,23)/b13-6-. The highest BCUT2D eigenvalue weighted by atomic mass is 35.5. The minimum absolute atomic E-state index is 0.261. The quantitative estimate of drug-likeness (QED) is 0.591. The summed E-state index contributed by atoms with van der Waals surface area (Å²) >= 11 is 25.3. The first kappa shape index (κ1) is 17.6. The van der Waals surface area contributed by atoms with Crippen molar-refractivity contribution in [3.63, 3.8) is 0 Å². The fourth-order valence-corrected chi connectivity index (χ4v) is 3.55. The van der Waals surface area contributed by atoms with Crippen LogP contribution in [0, 0.1) is 0 Å². The maximum absolute atomic E-state index is 12.1. The van der Waals surface area contributed by atoms with E-state index in [1.165, 1.54) is 11.8 Å². The van der Waals surface area contributed by atoms with Crippen LogP contribution in [0.4, 0.5) is 5.69 Å². The van der Waals surface area contributed by atoms with Gasteiger partial charge in [-0.2, -0.15) is 0 Å². The van der Waals surface area contributed by atoms with E-state index in [1.807, 2.05) is 0 Å². The number of halogens is 4. The summed E-state index contributed by atoms with van der Waals surface area (Å²) in [7, 11) is 0. The molecule has 2 aromatic rings. The van der Waals surface area contributed by atoms with Gasteiger partial charge in [-0.1, -0.05) is 58.5 Å². The van der Waals surface area contributed by atoms with Crippen molar-refractivity contribution in [1.29, 1.82) is 0 Å². The second-order valence-electron chi connectivity index (χ2n) is 4.72. The largest absolute Gasteiger partial charge is 0.300 e. The molecule has 1 fully saturated rings. The molecule has 1 aliphatic heterocycles. The van der Waals surface area contributed by atoms with E-state index < -0.39 is 0 Å². The number of hydrogen-bond acceptors (Lipinski definition) is 3. The van der Waals surface area contributed by atoms with Crippen LogP contribution >= 0.6 is 58.2 Å². The zero-order chi connectivity index (χ0) is 17.3. The molecule has 3 rings (SSSR count). The summed E-state index contributed by atoms with van der Waals surface area (Å²) in [6.07, 6.45) is 1.68. The molecule has 1 saturated heterocycles. The molecule has 2 aromatic carbocycles. The third-order valence-electron chi connectivity index (χ3n) is 3.05. The van der Waals surface area contributed by atoms with Gasteiger partial charge in [0.2, 0.25) is 0 Å². The van der Waals surface area contributed by atoms with Crippen molar-refractivity contribution in [2.75, 3.05) is 0 Å². The number of thioether (sulfide) groups is 1. The predicted molar refractivity (Wildman–Crippen MR) is 104 cm³/mol. The minimum atomic E-state index is -0.261. The van der Waals surface area contributed by atoms with Gasteiger partial charge < -0.3 is 5.32 Å². The van der Waals surface area contributed by atoms with E-state index in [2.05, 4.69) is 10.3 Å². The molecule has 0 spiro atoms. The lowest BCUT2D eigenvalue weighted by molar-refractivity contribution is -0.115. The molecular weight excluding hydrogens is 410 g/mol. The van der Waals surface area contributed by atoms with E-state index in [0.29, 0.717) is 41.4 Å². The maximum atomic E-state index is 12.1. The van der Waals surface area contributed by atoms with Crippen molar-refractivity contribution in [2.24, 2.45) is 4.99 Å². The highest BCUT2D eigenvalue weighted by Gasteiger charge is 2.24. The Hall–Kier alpha value is -1.17. The first-order valence-corrected chi connectivity index (χ1v) is 8.95. The van der Waals surface area contributed by atoms with E-state index in [4.69, 9.17) is 46.4 Å². The van der Waals surface area contributed by atoms with E-state index in [9.17, 15) is 4.79 Å². The Labute approximate surface area is 162 Å². The topological polar surface area (TPSA) is 41.5 Å². The summed E-state index contributed by atoms with van der Waals surface area (Å²) in [4.78, 5) is 16.9. The van der Waals surface area contributed by atoms with Crippen LogP contribution in [0.5, 0.6) is 0 Å². The van der Waals surface area contributed by atoms with Crippen molar-refractivity contribution >= 4 is 81.0 Å². The monoisotopic (exact) mass is 416 g/mol. The van der Waals surface area contributed by atoms with Crippen molar-refractivity contribution in [3.05, 3.63) is 67.0 Å². The van der Waals surface area contributed by atoms with Crippen molar-refractivity contribution in [3.8, 4) is 0 Å². The van der Waals surface area contributed by atoms with Gasteiger partial charge in [0.15, 0.2) is 5.17 Å². The predicted octanol–water partition coefficient (Wildman–Crippen LogP) is 6.19. The Morgan fingerprint density at radius 3 is 2.58 bits per heavy atom. The lowest BCUT2D eigenvalue weighted by Gasteiger charge is -2.01. The van der Waals surface area contributed by atoms with Gasteiger partial charge in [0.1, 0.15) is 0 Å². The molecule has 1 N–H and O–H groups in total. The summed E-state index contributed by atoms with van der Waals surface area (Å²) in [5, 5.41) is 4.83. The number of rotatable bonds is 2. The summed E-state index contributed by atoms with van der Waals surface area (Å²) in [5.41, 5.74) is 1.18. The summed E-state index contributed by atoms with van der Waals surface area (Å²) in [5.74, 6) is -0.261. The number of nitrogens with one attached hydrogen (secondary N) is 1. The third kappa shape index (κ3) is 3.90. The number of amidine groups is 1. The van der Waals surface area contributed by atoms with Crippen LogP contribution in [-0.4, -0.2) is 11.1 Å². The zero-order valence-electron chi connectivity index (χ0n) is 11.8. The number of aliphatic imine (C=N–C) groups is 1. The molecular formula is C16H8Cl4N2OS. The first-order chi connectivity index (χ1) is 11.4. The van der Waals surface area contributed by atoms with Gasteiger partial charge >= 0.3 is 0 Å². The molecule has 1 heterocycles. The fraction of sp³-hybridized carbons (Fsp3) is 0. The van der Waals surface area contributed by atoms with Gasteiger partial charge in [-0.3, -0.25) is 4.79 Å². The minimum Gasteiger partial charge on any atom is -0.300 e. The summed E-state index contributed by atoms with van der Waals surface area (Å²) < 4.78 is 0. The molecule has 0 bridgehead atoms. The van der Waals surface area contributed by atoms with Gasteiger partial charge in [0.05, 0.1) is 20.6 Å². The number of carbonyl (C=O) groups is 1. The van der Waals surface area contributed by atoms with Crippen LogP contribution in [0.1, 0.15) is 5.56 Å². The molecule has 0 atom stereocenters. The molecule has 0 saturated carbocycles. The molecule has 8 heteroatoms. The van der Waals surface area contributed by atoms with Crippen LogP contribution in [-0.2, 0) is 4.79 Å². The number of amides is 1. The van der Waals surface area contributed by atoms with E-state index in [1.54, 1.807) is 42.5 Å². The smallest absolute Gasteiger partial charge is 0.264 e. The highest BCUT2D eigenvalue weighted by Crippen LogP contribution is 2.35. The zero-order valence-corrected chi connectivity index (χ0v) is 15.7. The number of hydrogen-bond donors (Lipinski definition) is 1. The van der Waals surface area contributed by atoms with E-state index in [-0.39, 0.29) is 5.91 Å². The molecule has 0 unspecified atom stereocenters. The van der Waals surface area contributed by atoms with Gasteiger partial charge in [-0.25, -0.2) is 4.99 Å². The lowest BCUT2D eigenvalue weighted by Crippen LogP contribution is -2.19. The van der Waals surface area contributed by atoms with Gasteiger partial charge in [-0.05, 0) is 47.7 Å². The molecule has 3 nitrogen and oxygen atoms in total. The lowest BCUT2D eigenvalue weighted by atomic mass is 10.2. The van der Waals surface area contributed by atoms with Crippen molar-refractivity contribution < 1.29 is 4.79 Å². The van der Waals surface area contributed by atoms with Gasteiger partial charge in [0, 0.05) is 10.0 Å². The van der Waals surface area contributed by atoms with Crippen LogP contribution in [0.2, 0.25) is 20.1 Å². The van der Waals surface area contributed by atoms with Gasteiger partial charge in [-0.15, -0.1) is 0 Å². The second kappa shape index (κ2) is 7.38. The van der Waals surface area contributed by atoms with E-state index in [0.717, 1.165) is 0 Å². The van der Waals surface area contributed by atoms with Crippen LogP contribution in [0.25, 0.3) is 6.08 Å². The van der Waals surface area contributed by atoms with Gasteiger partial charge in [0.25, 0.3) is 5.91 Å². The third-order valence-corrected chi connectivity index (χ3v) is 5.33. The van der Waals surface area contributed by atoms with Crippen molar-refractivity contribution in [1.82, 2.24) is 5.32 Å². The Kier molecular flexibility index (Phi) is 5.42. The molecule has 0 radical (unpaired) electrons. The van der Waals surface area contributed by atoms with Crippen LogP contribution < -0.4 is 5.32 Å². The molecule has 0 aromatic heterocycles. The summed E-state index contributed by atoms with van der Waals surface area (Å²) in [6.45, 7) is 0. The summed E-state index contributed by atoms with van der Waals surface area (Å²) in [6, 6.07) is 10.2. The normalized spacial score (nSPS) is 17.6. The maximum Gasteiger partial charge on any atom is 0.264 e. The Morgan fingerprint density at radius 2 is 1.83 bits per heavy atom. The highest BCUT2D eigenvalue weighted by molar-refractivity contribution is 8.18. The molecule has 24 heavy (non-hydrogen) atoms.